The largest absolute Gasteiger partial charge is 0.492 e. The number of carbonyl (C=O) groups excluding carboxylic acids is 2. The molecular weight excluding hydrogens is 374 g/mol. The number of guanidine groups is 1. The maximum absolute atomic E-state index is 11.8. The van der Waals surface area contributed by atoms with Gasteiger partial charge in [0.2, 0.25) is 5.91 Å². The van der Waals surface area contributed by atoms with E-state index < -0.39 is 0 Å². The van der Waals surface area contributed by atoms with Gasteiger partial charge >= 0.3 is 6.09 Å². The molecule has 1 aliphatic heterocycles. The van der Waals surface area contributed by atoms with E-state index in [1.54, 1.807) is 18.0 Å². The van der Waals surface area contributed by atoms with Crippen molar-refractivity contribution < 1.29 is 19.1 Å². The molecule has 0 spiro atoms. The van der Waals surface area contributed by atoms with Crippen LogP contribution in [0.4, 0.5) is 10.5 Å². The molecule has 1 fully saturated rings. The fourth-order valence-corrected chi connectivity index (χ4v) is 3.01. The van der Waals surface area contributed by atoms with Gasteiger partial charge in [0, 0.05) is 44.9 Å². The fraction of sp³-hybridized carbons (Fsp3) is 0.550. The van der Waals surface area contributed by atoms with Crippen LogP contribution in [0.5, 0.6) is 5.75 Å². The van der Waals surface area contributed by atoms with Crippen molar-refractivity contribution in [2.45, 2.75) is 32.7 Å². The quantitative estimate of drug-likeness (QED) is 0.363. The molecule has 0 aromatic heterocycles. The second-order valence-corrected chi connectivity index (χ2v) is 6.66. The van der Waals surface area contributed by atoms with Crippen LogP contribution in [0.1, 0.15) is 26.7 Å². The third-order valence-electron chi connectivity index (χ3n) is 4.40. The molecule has 29 heavy (non-hydrogen) atoms. The summed E-state index contributed by atoms with van der Waals surface area (Å²) in [4.78, 5) is 28.9. The smallest absolute Gasteiger partial charge is 0.409 e. The van der Waals surface area contributed by atoms with Gasteiger partial charge in [0.1, 0.15) is 12.4 Å². The normalized spacial score (nSPS) is 14.9. The minimum Gasteiger partial charge on any atom is -0.492 e. The molecular formula is C20H31N5O4. The van der Waals surface area contributed by atoms with Gasteiger partial charge in [0.05, 0.1) is 13.2 Å². The number of likely N-dealkylation sites (tertiary alicyclic amines) is 1. The lowest BCUT2D eigenvalue weighted by Crippen LogP contribution is -2.50. The first-order valence-electron chi connectivity index (χ1n) is 9.91. The molecule has 1 aromatic rings. The highest BCUT2D eigenvalue weighted by molar-refractivity contribution is 5.88. The Labute approximate surface area is 171 Å². The van der Waals surface area contributed by atoms with Crippen molar-refractivity contribution in [2.75, 3.05) is 45.2 Å². The molecule has 3 N–H and O–H groups in total. The lowest BCUT2D eigenvalue weighted by atomic mass is 10.1. The summed E-state index contributed by atoms with van der Waals surface area (Å²) in [5, 5.41) is 9.34. The van der Waals surface area contributed by atoms with Crippen LogP contribution in [0.25, 0.3) is 0 Å². The average molecular weight is 405 g/mol. The Morgan fingerprint density at radius 1 is 1.28 bits per heavy atom. The van der Waals surface area contributed by atoms with E-state index in [9.17, 15) is 9.59 Å². The molecule has 0 atom stereocenters. The number of piperidine rings is 1. The van der Waals surface area contributed by atoms with Crippen molar-refractivity contribution >= 4 is 23.6 Å². The number of ether oxygens (including phenoxy) is 2. The number of carbonyl (C=O) groups is 2. The summed E-state index contributed by atoms with van der Waals surface area (Å²) in [6.45, 7) is 6.04. The molecule has 0 bridgehead atoms. The van der Waals surface area contributed by atoms with E-state index in [1.807, 2.05) is 25.1 Å². The first-order chi connectivity index (χ1) is 14.0. The molecule has 1 aliphatic rings. The number of anilines is 1. The van der Waals surface area contributed by atoms with E-state index >= 15 is 0 Å². The zero-order chi connectivity index (χ0) is 21.1. The van der Waals surface area contributed by atoms with Crippen LogP contribution in [-0.4, -0.2) is 68.8 Å². The molecule has 9 nitrogen and oxygen atoms in total. The Balaban J connectivity index is 1.68. The molecule has 2 rings (SSSR count). The Morgan fingerprint density at radius 2 is 2.03 bits per heavy atom. The van der Waals surface area contributed by atoms with Crippen LogP contribution in [0.15, 0.2) is 29.3 Å². The summed E-state index contributed by atoms with van der Waals surface area (Å²) < 4.78 is 10.8. The molecule has 1 aromatic carbocycles. The third-order valence-corrected chi connectivity index (χ3v) is 4.40. The molecule has 0 saturated carbocycles. The van der Waals surface area contributed by atoms with Gasteiger partial charge in [0.25, 0.3) is 0 Å². The number of hydrogen-bond donors (Lipinski definition) is 3. The Hall–Kier alpha value is -2.97. The number of nitrogens with one attached hydrogen (secondary N) is 3. The van der Waals surface area contributed by atoms with E-state index in [0.29, 0.717) is 50.2 Å². The maximum Gasteiger partial charge on any atom is 0.409 e. The number of aliphatic imine (C=N–C) groups is 1. The van der Waals surface area contributed by atoms with Crippen LogP contribution < -0.4 is 20.7 Å². The van der Waals surface area contributed by atoms with Crippen LogP contribution >= 0.6 is 0 Å². The number of nitrogens with zero attached hydrogens (tertiary/aromatic N) is 2. The zero-order valence-electron chi connectivity index (χ0n) is 17.4. The van der Waals surface area contributed by atoms with Gasteiger partial charge in [0.15, 0.2) is 5.96 Å². The number of benzene rings is 1. The highest BCUT2D eigenvalue weighted by Gasteiger charge is 2.23. The molecule has 0 radical (unpaired) electrons. The van der Waals surface area contributed by atoms with Gasteiger partial charge in [-0.05, 0) is 31.9 Å². The minimum absolute atomic E-state index is 0.119. The summed E-state index contributed by atoms with van der Waals surface area (Å²) in [6, 6.07) is 7.52. The summed E-state index contributed by atoms with van der Waals surface area (Å²) in [5.41, 5.74) is 0.703. The summed E-state index contributed by atoms with van der Waals surface area (Å²) in [5.74, 6) is 1.27. The summed E-state index contributed by atoms with van der Waals surface area (Å²) in [7, 11) is 1.72. The lowest BCUT2D eigenvalue weighted by molar-refractivity contribution is -0.114. The SMILES string of the molecule is CCOC(=O)N1CCC(NC(=NC)NCCOc2cccc(NC(C)=O)c2)CC1. The molecule has 160 valence electrons. The van der Waals surface area contributed by atoms with E-state index in [-0.39, 0.29) is 18.0 Å². The van der Waals surface area contributed by atoms with Crippen molar-refractivity contribution in [1.29, 1.82) is 0 Å². The Kier molecular flexibility index (Phi) is 9.07. The molecule has 1 saturated heterocycles. The van der Waals surface area contributed by atoms with Crippen molar-refractivity contribution in [2.24, 2.45) is 4.99 Å². The molecule has 2 amide bonds. The second kappa shape index (κ2) is 11.8. The van der Waals surface area contributed by atoms with Gasteiger partial charge in [-0.1, -0.05) is 6.07 Å². The maximum atomic E-state index is 11.8. The zero-order valence-corrected chi connectivity index (χ0v) is 17.4. The highest BCUT2D eigenvalue weighted by atomic mass is 16.6. The van der Waals surface area contributed by atoms with Crippen LogP contribution in [-0.2, 0) is 9.53 Å². The van der Waals surface area contributed by atoms with Gasteiger partial charge < -0.3 is 30.3 Å². The fourth-order valence-electron chi connectivity index (χ4n) is 3.01. The van der Waals surface area contributed by atoms with Crippen molar-refractivity contribution in [3.05, 3.63) is 24.3 Å². The monoisotopic (exact) mass is 405 g/mol. The van der Waals surface area contributed by atoms with Crippen molar-refractivity contribution in [3.8, 4) is 5.75 Å². The Morgan fingerprint density at radius 3 is 2.69 bits per heavy atom. The topological polar surface area (TPSA) is 104 Å². The van der Waals surface area contributed by atoms with Gasteiger partial charge in [-0.2, -0.15) is 0 Å². The third kappa shape index (κ3) is 7.89. The van der Waals surface area contributed by atoms with Gasteiger partial charge in [-0.3, -0.25) is 9.79 Å². The summed E-state index contributed by atoms with van der Waals surface area (Å²) >= 11 is 0. The number of amides is 2. The molecule has 0 aliphatic carbocycles. The number of hydrogen-bond acceptors (Lipinski definition) is 5. The lowest BCUT2D eigenvalue weighted by Gasteiger charge is -2.32. The van der Waals surface area contributed by atoms with Crippen LogP contribution in [0.3, 0.4) is 0 Å². The first kappa shape index (κ1) is 22.3. The standard InChI is InChI=1S/C20H31N5O4/c1-4-28-20(27)25-11-8-16(9-12-25)24-19(21-3)22-10-13-29-18-7-5-6-17(14-18)23-15(2)26/h5-7,14,16H,4,8-13H2,1-3H3,(H,23,26)(H2,21,22,24). The van der Waals surface area contributed by atoms with E-state index in [2.05, 4.69) is 20.9 Å². The van der Waals surface area contributed by atoms with E-state index in [4.69, 9.17) is 9.47 Å². The highest BCUT2D eigenvalue weighted by Crippen LogP contribution is 2.17. The molecule has 1 heterocycles. The minimum atomic E-state index is -0.242. The van der Waals surface area contributed by atoms with Gasteiger partial charge in [-0.15, -0.1) is 0 Å². The van der Waals surface area contributed by atoms with Crippen LogP contribution in [0.2, 0.25) is 0 Å². The Bertz CT molecular complexity index is 702. The van der Waals surface area contributed by atoms with E-state index in [0.717, 1.165) is 12.8 Å². The molecule has 0 unspecified atom stereocenters. The predicted molar refractivity (Wildman–Crippen MR) is 112 cm³/mol. The average Bonchev–Trinajstić information content (AvgIpc) is 2.70. The van der Waals surface area contributed by atoms with E-state index in [1.165, 1.54) is 6.92 Å². The molecule has 9 heteroatoms. The van der Waals surface area contributed by atoms with Crippen molar-refractivity contribution in [1.82, 2.24) is 15.5 Å². The summed E-state index contributed by atoms with van der Waals surface area (Å²) in [6.07, 6.45) is 1.44. The van der Waals surface area contributed by atoms with Crippen LogP contribution in [0, 0.1) is 0 Å². The number of rotatable bonds is 7. The second-order valence-electron chi connectivity index (χ2n) is 6.66. The predicted octanol–water partition coefficient (Wildman–Crippen LogP) is 1.81. The van der Waals surface area contributed by atoms with Crippen molar-refractivity contribution in [3.63, 3.8) is 0 Å². The van der Waals surface area contributed by atoms with Gasteiger partial charge in [-0.25, -0.2) is 4.79 Å². The first-order valence-corrected chi connectivity index (χ1v) is 9.91.